The second-order valence-electron chi connectivity index (χ2n) is 15.3. The number of rotatable bonds is 30. The van der Waals surface area contributed by atoms with Crippen LogP contribution in [0.3, 0.4) is 0 Å². The predicted molar refractivity (Wildman–Crippen MR) is 249 cm³/mol. The number of benzene rings is 2. The van der Waals surface area contributed by atoms with Gasteiger partial charge in [-0.15, -0.1) is 0 Å². The molecule has 0 aliphatic rings. The summed E-state index contributed by atoms with van der Waals surface area (Å²) in [6, 6.07) is 6.02. The van der Waals surface area contributed by atoms with E-state index < -0.39 is 186 Å². The molecule has 0 saturated carbocycles. The topological polar surface area (TPSA) is 581 Å². The van der Waals surface area contributed by atoms with Crippen LogP contribution in [0.1, 0.15) is 11.1 Å². The molecule has 8 unspecified atom stereocenters. The summed E-state index contributed by atoms with van der Waals surface area (Å²) in [5.41, 5.74) is -1.16. The number of hydrogen-bond donors (Lipinski definition) is 16. The first-order valence-electron chi connectivity index (χ1n) is 20.8. The maximum Gasteiger partial charge on any atom is 1.00 e. The van der Waals surface area contributed by atoms with Crippen LogP contribution < -0.4 is 150 Å². The van der Waals surface area contributed by atoms with E-state index in [2.05, 4.69) is 61.8 Å². The summed E-state index contributed by atoms with van der Waals surface area (Å²) in [4.78, 5) is 21.9. The van der Waals surface area contributed by atoms with Crippen LogP contribution >= 0.6 is 0 Å². The van der Waals surface area contributed by atoms with Crippen molar-refractivity contribution in [1.29, 1.82) is 0 Å². The van der Waals surface area contributed by atoms with Crippen molar-refractivity contribution in [2.24, 2.45) is 0 Å². The standard InChI is InChI=1S/C36H52N12O22S4.4Na/c49-15-23(53)29(57)27(55)21(51)13-39-33-43-31(37-7-9-71(59,60)61)45-35(47-33)41-19-5-3-17(25(11-19)73(65,66)67)1-2-18-4-6-20(12-26(18)74(68,69)70)42-36-46-32(38-8-10-72(62,63)64)44-34(48-36)40-14-22(52)28(56)30(58)24(54)16-50;;;;/h1-6,11-12,21-24,27-30,49-58H,7-10,13-16H2,(H,59,60,61)(H,62,63,64)(H,65,66,67)(H,68,69,70)(H3,37,39,41,43,45,47)(H3,38,40,42,44,46,48);;;;/q;4*+1/p-4/b2-1+;;;;. The van der Waals surface area contributed by atoms with Gasteiger partial charge in [0.2, 0.25) is 35.7 Å². The minimum absolute atomic E-state index is 0. The van der Waals surface area contributed by atoms with Crippen molar-refractivity contribution in [3.05, 3.63) is 47.5 Å². The number of nitrogens with one attached hydrogen (secondary N) is 6. The van der Waals surface area contributed by atoms with E-state index in [4.69, 9.17) is 10.2 Å². The smallest absolute Gasteiger partial charge is 0.748 e. The van der Waals surface area contributed by atoms with Crippen LogP contribution in [0, 0.1) is 0 Å². The number of anilines is 8. The molecule has 16 N–H and O–H groups in total. The van der Waals surface area contributed by atoms with Crippen LogP contribution in [0.5, 0.6) is 0 Å². The molecule has 0 aliphatic carbocycles. The summed E-state index contributed by atoms with van der Waals surface area (Å²) in [5.74, 6) is -4.53. The Hall–Kier alpha value is -1.76. The quantitative estimate of drug-likeness (QED) is 0.0131. The molecule has 4 rings (SSSR count). The maximum absolute atomic E-state index is 12.5. The van der Waals surface area contributed by atoms with Crippen LogP contribution in [0.4, 0.5) is 47.1 Å². The molecule has 34 nitrogen and oxygen atoms in total. The van der Waals surface area contributed by atoms with Crippen molar-refractivity contribution in [2.75, 3.05) is 82.8 Å². The van der Waals surface area contributed by atoms with Gasteiger partial charge in [-0.2, -0.15) is 29.9 Å². The Morgan fingerprint density at radius 1 is 0.436 bits per heavy atom. The van der Waals surface area contributed by atoms with Crippen molar-refractivity contribution in [3.63, 3.8) is 0 Å². The van der Waals surface area contributed by atoms with Crippen LogP contribution in [-0.2, 0) is 40.5 Å². The van der Waals surface area contributed by atoms with Crippen molar-refractivity contribution in [1.82, 2.24) is 29.9 Å². The summed E-state index contributed by atoms with van der Waals surface area (Å²) >= 11 is 0. The molecule has 0 saturated heterocycles. The van der Waals surface area contributed by atoms with Crippen LogP contribution in [0.25, 0.3) is 12.2 Å². The molecular weight excluding hydrogens is 1170 g/mol. The fraction of sp³-hybridized carbons (Fsp3) is 0.444. The van der Waals surface area contributed by atoms with Crippen LogP contribution in [0.15, 0.2) is 46.2 Å². The minimum Gasteiger partial charge on any atom is -0.748 e. The average Bonchev–Trinajstić information content (AvgIpc) is 3.31. The summed E-state index contributed by atoms with van der Waals surface area (Å²) in [7, 11) is -20.2. The molecule has 2 aromatic heterocycles. The number of aliphatic hydroxyl groups excluding tert-OH is 10. The van der Waals surface area contributed by atoms with Gasteiger partial charge < -0.3 is 101 Å². The van der Waals surface area contributed by atoms with Crippen LogP contribution in [-0.4, -0.2) is 233 Å². The molecule has 4 aromatic rings. The minimum atomic E-state index is -5.39. The molecule has 0 aliphatic heterocycles. The molecule has 0 bridgehead atoms. The van der Waals surface area contributed by atoms with Crippen LogP contribution in [0.2, 0.25) is 0 Å². The summed E-state index contributed by atoms with van der Waals surface area (Å²) in [5, 5.41) is 113. The van der Waals surface area contributed by atoms with Gasteiger partial charge in [0.25, 0.3) is 0 Å². The van der Waals surface area contributed by atoms with Crippen molar-refractivity contribution >= 4 is 99.7 Å². The van der Waals surface area contributed by atoms with Gasteiger partial charge in [0.15, 0.2) is 0 Å². The molecule has 0 fully saturated rings. The zero-order valence-electron chi connectivity index (χ0n) is 41.6. The van der Waals surface area contributed by atoms with Crippen molar-refractivity contribution in [3.8, 4) is 0 Å². The summed E-state index contributed by atoms with van der Waals surface area (Å²) in [6.45, 7) is -4.30. The SMILES string of the molecule is O=S(=O)([O-])CCNc1nc(NCC(O)C(O)C(O)C(O)CO)nc(Nc2ccc(/C=C/c3ccc(Nc4nc(NCCS(=O)(=O)[O-])nc(NCC(O)C(O)C(O)C(O)CO)n4)cc3S(=O)(=O)[O-])c(S(=O)(=O)[O-])c2)n1.[Na+].[Na+].[Na+].[Na+]. The van der Waals surface area contributed by atoms with Crippen molar-refractivity contribution in [2.45, 2.75) is 58.6 Å². The molecule has 2 heterocycles. The zero-order valence-corrected chi connectivity index (χ0v) is 52.8. The third kappa shape index (κ3) is 25.4. The molecule has 8 atom stereocenters. The second-order valence-corrected chi connectivity index (χ2v) is 21.1. The van der Waals surface area contributed by atoms with E-state index in [-0.39, 0.29) is 141 Å². The molecule has 0 spiro atoms. The number of nitrogens with zero attached hydrogens (tertiary/aromatic N) is 6. The number of aliphatic hydroxyl groups is 10. The summed E-state index contributed by atoms with van der Waals surface area (Å²) in [6.07, 6.45) is -13.5. The van der Waals surface area contributed by atoms with Gasteiger partial charge >= 0.3 is 118 Å². The maximum atomic E-state index is 12.5. The Bertz CT molecular complexity index is 2860. The first-order chi connectivity index (χ1) is 34.4. The van der Waals surface area contributed by atoms with Gasteiger partial charge in [0, 0.05) is 37.6 Å². The van der Waals surface area contributed by atoms with Crippen molar-refractivity contribution < 1.29 is 221 Å². The fourth-order valence-electron chi connectivity index (χ4n) is 5.89. The Kier molecular flexibility index (Phi) is 33.4. The van der Waals surface area contributed by atoms with Gasteiger partial charge in [-0.3, -0.25) is 0 Å². The first kappa shape index (κ1) is 76.2. The van der Waals surface area contributed by atoms with E-state index in [0.717, 1.165) is 36.4 Å². The molecule has 0 radical (unpaired) electrons. The number of aromatic nitrogens is 6. The third-order valence-corrected chi connectivity index (χ3v) is 12.8. The van der Waals surface area contributed by atoms with Gasteiger partial charge in [0.1, 0.15) is 56.9 Å². The van der Waals surface area contributed by atoms with E-state index in [1.165, 1.54) is 12.1 Å². The van der Waals surface area contributed by atoms with Gasteiger partial charge in [-0.05, 0) is 35.4 Å². The van der Waals surface area contributed by atoms with E-state index in [1.54, 1.807) is 0 Å². The Labute approximate surface area is 533 Å². The summed E-state index contributed by atoms with van der Waals surface area (Å²) < 4.78 is 142. The monoisotopic (exact) mass is 1220 g/mol. The molecule has 412 valence electrons. The molecule has 2 aromatic carbocycles. The normalized spacial score (nSPS) is 15.0. The molecule has 42 heteroatoms. The number of hydrogen-bond acceptors (Lipinski definition) is 34. The third-order valence-electron chi connectivity index (χ3n) is 9.65. The average molecular weight is 1220 g/mol. The second kappa shape index (κ2) is 34.1. The Morgan fingerprint density at radius 3 is 1.00 bits per heavy atom. The molecule has 0 amide bonds. The molecular formula is C36H48N12Na4O22S4. The zero-order chi connectivity index (χ0) is 55.3. The Morgan fingerprint density at radius 2 is 0.718 bits per heavy atom. The van der Waals surface area contributed by atoms with Gasteiger partial charge in [-0.25, -0.2) is 33.7 Å². The van der Waals surface area contributed by atoms with Gasteiger partial charge in [0.05, 0.1) is 67.0 Å². The van der Waals surface area contributed by atoms with Gasteiger partial charge in [-0.1, -0.05) is 24.3 Å². The van der Waals surface area contributed by atoms with E-state index in [1.807, 2.05) is 0 Å². The van der Waals surface area contributed by atoms with E-state index >= 15 is 0 Å². The first-order valence-corrected chi connectivity index (χ1v) is 26.8. The van der Waals surface area contributed by atoms with E-state index in [9.17, 15) is 92.7 Å². The van der Waals surface area contributed by atoms with E-state index in [0.29, 0.717) is 0 Å². The molecule has 78 heavy (non-hydrogen) atoms. The predicted octanol–water partition coefficient (Wildman–Crippen LogP) is -18.9. The largest absolute Gasteiger partial charge is 1.00 e. The Balaban J connectivity index is 0.0000148. The fourth-order valence-corrected chi connectivity index (χ4v) is 7.98.